The third-order valence-electron chi connectivity index (χ3n) is 3.43. The Bertz CT molecular complexity index is 655. The van der Waals surface area contributed by atoms with E-state index in [0.717, 1.165) is 5.56 Å². The molecule has 0 unspecified atom stereocenters. The minimum Gasteiger partial charge on any atom is -0.493 e. The van der Waals surface area contributed by atoms with Crippen molar-refractivity contribution >= 4 is 11.6 Å². The van der Waals surface area contributed by atoms with Gasteiger partial charge in [0, 0.05) is 17.8 Å². The van der Waals surface area contributed by atoms with Gasteiger partial charge in [0.15, 0.2) is 11.5 Å². The van der Waals surface area contributed by atoms with Crippen LogP contribution in [0.5, 0.6) is 17.2 Å². The lowest BCUT2D eigenvalue weighted by Crippen LogP contribution is -2.14. The molecule has 1 N–H and O–H groups in total. The lowest BCUT2D eigenvalue weighted by atomic mass is 10.1. The zero-order valence-corrected chi connectivity index (χ0v) is 13.8. The Morgan fingerprint density at radius 3 is 2.00 bits per heavy atom. The van der Waals surface area contributed by atoms with Gasteiger partial charge in [0.1, 0.15) is 0 Å². The molecule has 5 heteroatoms. The molecule has 1 amide bonds. The van der Waals surface area contributed by atoms with E-state index >= 15 is 0 Å². The standard InChI is InChI=1S/C18H21NO4/c1-12-5-7-13(8-6-12)9-17(20)19-14-10-15(21-2)18(23-4)16(11-14)22-3/h5-8,10-11H,9H2,1-4H3,(H,19,20). The third kappa shape index (κ3) is 4.16. The number of methoxy groups -OCH3 is 3. The van der Waals surface area contributed by atoms with Crippen LogP contribution in [0.4, 0.5) is 5.69 Å². The Morgan fingerprint density at radius 2 is 1.52 bits per heavy atom. The molecule has 0 fully saturated rings. The van der Waals surface area contributed by atoms with E-state index in [2.05, 4.69) is 5.32 Å². The Kier molecular flexibility index (Phi) is 5.46. The van der Waals surface area contributed by atoms with Crippen LogP contribution in [-0.4, -0.2) is 27.2 Å². The molecule has 0 bridgehead atoms. The maximum atomic E-state index is 12.2. The second kappa shape index (κ2) is 7.54. The number of ether oxygens (including phenoxy) is 3. The average Bonchev–Trinajstić information content (AvgIpc) is 2.55. The highest BCUT2D eigenvalue weighted by molar-refractivity contribution is 5.93. The van der Waals surface area contributed by atoms with Gasteiger partial charge in [-0.2, -0.15) is 0 Å². The number of amides is 1. The minimum atomic E-state index is -0.108. The zero-order chi connectivity index (χ0) is 16.8. The first-order valence-corrected chi connectivity index (χ1v) is 7.22. The fraction of sp³-hybridized carbons (Fsp3) is 0.278. The summed E-state index contributed by atoms with van der Waals surface area (Å²) >= 11 is 0. The highest BCUT2D eigenvalue weighted by Crippen LogP contribution is 2.39. The summed E-state index contributed by atoms with van der Waals surface area (Å²) < 4.78 is 15.8. The van der Waals surface area contributed by atoms with E-state index in [1.54, 1.807) is 12.1 Å². The molecule has 0 aliphatic heterocycles. The number of hydrogen-bond acceptors (Lipinski definition) is 4. The third-order valence-corrected chi connectivity index (χ3v) is 3.43. The summed E-state index contributed by atoms with van der Waals surface area (Å²) in [6.07, 6.45) is 0.303. The van der Waals surface area contributed by atoms with E-state index < -0.39 is 0 Å². The van der Waals surface area contributed by atoms with Crippen LogP contribution in [0.1, 0.15) is 11.1 Å². The number of nitrogens with one attached hydrogen (secondary N) is 1. The summed E-state index contributed by atoms with van der Waals surface area (Å²) in [6, 6.07) is 11.3. The molecule has 5 nitrogen and oxygen atoms in total. The largest absolute Gasteiger partial charge is 0.493 e. The van der Waals surface area contributed by atoms with Gasteiger partial charge in [0.25, 0.3) is 0 Å². The zero-order valence-electron chi connectivity index (χ0n) is 13.8. The highest BCUT2D eigenvalue weighted by atomic mass is 16.5. The van der Waals surface area contributed by atoms with Gasteiger partial charge < -0.3 is 19.5 Å². The maximum Gasteiger partial charge on any atom is 0.228 e. The number of carbonyl (C=O) groups excluding carboxylic acids is 1. The molecular weight excluding hydrogens is 294 g/mol. The second-order valence-electron chi connectivity index (χ2n) is 5.12. The van der Waals surface area contributed by atoms with Gasteiger partial charge in [-0.05, 0) is 12.5 Å². The monoisotopic (exact) mass is 315 g/mol. The normalized spacial score (nSPS) is 10.1. The molecule has 122 valence electrons. The van der Waals surface area contributed by atoms with E-state index in [1.165, 1.54) is 26.9 Å². The molecule has 0 radical (unpaired) electrons. The van der Waals surface area contributed by atoms with Crippen molar-refractivity contribution in [2.24, 2.45) is 0 Å². The Labute approximate surface area is 136 Å². The molecule has 0 saturated carbocycles. The van der Waals surface area contributed by atoms with E-state index in [1.807, 2.05) is 31.2 Å². The van der Waals surface area contributed by atoms with Crippen LogP contribution in [0.3, 0.4) is 0 Å². The van der Waals surface area contributed by atoms with Gasteiger partial charge in [-0.3, -0.25) is 4.79 Å². The summed E-state index contributed by atoms with van der Waals surface area (Å²) in [6.45, 7) is 2.01. The number of rotatable bonds is 6. The lowest BCUT2D eigenvalue weighted by molar-refractivity contribution is -0.115. The van der Waals surface area contributed by atoms with E-state index in [0.29, 0.717) is 29.4 Å². The predicted molar refractivity (Wildman–Crippen MR) is 89.6 cm³/mol. The van der Waals surface area contributed by atoms with Crippen LogP contribution >= 0.6 is 0 Å². The molecule has 2 rings (SSSR count). The van der Waals surface area contributed by atoms with Gasteiger partial charge in [-0.1, -0.05) is 29.8 Å². The number of hydrogen-bond donors (Lipinski definition) is 1. The number of carbonyl (C=O) groups is 1. The van der Waals surface area contributed by atoms with Gasteiger partial charge in [-0.15, -0.1) is 0 Å². The van der Waals surface area contributed by atoms with Crippen molar-refractivity contribution in [2.45, 2.75) is 13.3 Å². The first-order valence-electron chi connectivity index (χ1n) is 7.22. The SMILES string of the molecule is COc1cc(NC(=O)Cc2ccc(C)cc2)cc(OC)c1OC. The molecule has 0 aliphatic carbocycles. The average molecular weight is 315 g/mol. The predicted octanol–water partition coefficient (Wildman–Crippen LogP) is 3.20. The van der Waals surface area contributed by atoms with Gasteiger partial charge in [0.05, 0.1) is 27.8 Å². The minimum absolute atomic E-state index is 0.108. The molecule has 23 heavy (non-hydrogen) atoms. The van der Waals surface area contributed by atoms with Crippen LogP contribution < -0.4 is 19.5 Å². The Hall–Kier alpha value is -2.69. The fourth-order valence-corrected chi connectivity index (χ4v) is 2.25. The van der Waals surface area contributed by atoms with E-state index in [-0.39, 0.29) is 5.91 Å². The van der Waals surface area contributed by atoms with Gasteiger partial charge in [-0.25, -0.2) is 0 Å². The fourth-order valence-electron chi connectivity index (χ4n) is 2.25. The van der Waals surface area contributed by atoms with Crippen LogP contribution in [0.25, 0.3) is 0 Å². The quantitative estimate of drug-likeness (QED) is 0.889. The van der Waals surface area contributed by atoms with Crippen molar-refractivity contribution in [3.8, 4) is 17.2 Å². The summed E-state index contributed by atoms with van der Waals surface area (Å²) in [5, 5.41) is 2.85. The van der Waals surface area contributed by atoms with Crippen molar-refractivity contribution < 1.29 is 19.0 Å². The highest BCUT2D eigenvalue weighted by Gasteiger charge is 2.14. The van der Waals surface area contributed by atoms with Crippen LogP contribution in [0.2, 0.25) is 0 Å². The molecule has 2 aromatic carbocycles. The summed E-state index contributed by atoms with van der Waals surface area (Å²) in [7, 11) is 4.61. The number of aryl methyl sites for hydroxylation is 1. The van der Waals surface area contributed by atoms with Crippen molar-refractivity contribution in [3.63, 3.8) is 0 Å². The molecular formula is C18H21NO4. The Balaban J connectivity index is 2.15. The van der Waals surface area contributed by atoms with Gasteiger partial charge >= 0.3 is 0 Å². The Morgan fingerprint density at radius 1 is 0.957 bits per heavy atom. The molecule has 0 spiro atoms. The van der Waals surface area contributed by atoms with Crippen molar-refractivity contribution in [3.05, 3.63) is 47.5 Å². The van der Waals surface area contributed by atoms with Crippen LogP contribution in [0, 0.1) is 6.92 Å². The number of benzene rings is 2. The van der Waals surface area contributed by atoms with Gasteiger partial charge in [0.2, 0.25) is 11.7 Å². The smallest absolute Gasteiger partial charge is 0.228 e. The van der Waals surface area contributed by atoms with Crippen molar-refractivity contribution in [1.29, 1.82) is 0 Å². The first-order chi connectivity index (χ1) is 11.1. The van der Waals surface area contributed by atoms with E-state index in [4.69, 9.17) is 14.2 Å². The molecule has 0 aliphatic rings. The summed E-state index contributed by atoms with van der Waals surface area (Å²) in [5.74, 6) is 1.38. The van der Waals surface area contributed by atoms with E-state index in [9.17, 15) is 4.79 Å². The van der Waals surface area contributed by atoms with Crippen molar-refractivity contribution in [2.75, 3.05) is 26.6 Å². The molecule has 2 aromatic rings. The topological polar surface area (TPSA) is 56.8 Å². The molecule has 0 atom stereocenters. The number of anilines is 1. The van der Waals surface area contributed by atoms with Crippen LogP contribution in [0.15, 0.2) is 36.4 Å². The molecule has 0 saturated heterocycles. The summed E-state index contributed by atoms with van der Waals surface area (Å²) in [5.41, 5.74) is 2.72. The first kappa shape index (κ1) is 16.7. The second-order valence-corrected chi connectivity index (χ2v) is 5.12. The summed E-state index contributed by atoms with van der Waals surface area (Å²) in [4.78, 5) is 12.2. The molecule has 0 heterocycles. The van der Waals surface area contributed by atoms with Crippen molar-refractivity contribution in [1.82, 2.24) is 0 Å². The molecule has 0 aromatic heterocycles. The van der Waals surface area contributed by atoms with Crippen LogP contribution in [-0.2, 0) is 11.2 Å². The lowest BCUT2D eigenvalue weighted by Gasteiger charge is -2.14. The maximum absolute atomic E-state index is 12.2.